The number of halogens is 1. The Balaban J connectivity index is 1.64. The number of benzene rings is 2. The number of ether oxygens (including phenoxy) is 4. The maximum atomic E-state index is 11.6. The van der Waals surface area contributed by atoms with Crippen molar-refractivity contribution in [2.45, 2.75) is 20.1 Å². The van der Waals surface area contributed by atoms with Crippen LogP contribution >= 0.6 is 34.8 Å². The Labute approximate surface area is 229 Å². The van der Waals surface area contributed by atoms with E-state index in [0.29, 0.717) is 36.2 Å². The molecular weight excluding hydrogens is 595 g/mol. The van der Waals surface area contributed by atoms with Gasteiger partial charge in [0.15, 0.2) is 16.6 Å². The van der Waals surface area contributed by atoms with E-state index in [4.69, 9.17) is 31.2 Å². The molecule has 2 aromatic carbocycles. The number of alkyl carbamates (subject to hydrolysis) is 1. The molecule has 0 aliphatic heterocycles. The van der Waals surface area contributed by atoms with Crippen molar-refractivity contribution in [3.8, 4) is 17.2 Å². The van der Waals surface area contributed by atoms with Crippen LogP contribution in [0.1, 0.15) is 18.1 Å². The van der Waals surface area contributed by atoms with Crippen molar-refractivity contribution in [2.24, 2.45) is 0 Å². The smallest absolute Gasteiger partial charge is 0.413 e. The molecule has 11 heteroatoms. The van der Waals surface area contributed by atoms with E-state index in [2.05, 4.69) is 43.5 Å². The van der Waals surface area contributed by atoms with Crippen LogP contribution < -0.4 is 30.2 Å². The van der Waals surface area contributed by atoms with Crippen molar-refractivity contribution in [3.63, 3.8) is 0 Å². The number of methoxy groups -OCH3 is 2. The summed E-state index contributed by atoms with van der Waals surface area (Å²) < 4.78 is 22.4. The van der Waals surface area contributed by atoms with Crippen LogP contribution in [0.5, 0.6) is 17.2 Å². The van der Waals surface area contributed by atoms with Crippen molar-refractivity contribution < 1.29 is 23.7 Å². The maximum Gasteiger partial charge on any atom is 0.413 e. The molecule has 3 aromatic rings. The quantitative estimate of drug-likeness (QED) is 0.204. The number of pyridine rings is 1. The highest BCUT2D eigenvalue weighted by Gasteiger charge is 2.11. The molecule has 36 heavy (non-hydrogen) atoms. The first-order chi connectivity index (χ1) is 17.4. The van der Waals surface area contributed by atoms with E-state index in [9.17, 15) is 4.79 Å². The number of hydrogen-bond acceptors (Lipinski definition) is 8. The number of hydrogen-bond donors (Lipinski definition) is 3. The number of carbonyl (C=O) groups excluding carboxylic acids is 1. The number of carbonyl (C=O) groups is 1. The number of nitrogens with zero attached hydrogens (tertiary/aromatic N) is 1. The predicted molar refractivity (Wildman–Crippen MR) is 151 cm³/mol. The molecule has 1 aromatic heterocycles. The van der Waals surface area contributed by atoms with E-state index in [0.717, 1.165) is 20.4 Å². The van der Waals surface area contributed by atoms with Crippen LogP contribution in [0.15, 0.2) is 54.7 Å². The Morgan fingerprint density at radius 1 is 1.03 bits per heavy atom. The predicted octanol–water partition coefficient (Wildman–Crippen LogP) is 5.34. The zero-order chi connectivity index (χ0) is 25.9. The van der Waals surface area contributed by atoms with E-state index in [-0.39, 0.29) is 11.7 Å². The minimum Gasteiger partial charge on any atom is -0.497 e. The van der Waals surface area contributed by atoms with Gasteiger partial charge in [0.25, 0.3) is 0 Å². The van der Waals surface area contributed by atoms with Gasteiger partial charge in [-0.05, 0) is 83.2 Å². The van der Waals surface area contributed by atoms with E-state index >= 15 is 0 Å². The van der Waals surface area contributed by atoms with Crippen molar-refractivity contribution in [1.29, 1.82) is 0 Å². The number of amides is 1. The largest absolute Gasteiger partial charge is 0.497 e. The molecule has 3 N–H and O–H groups in total. The molecule has 3 rings (SSSR count). The molecule has 0 aliphatic carbocycles. The van der Waals surface area contributed by atoms with E-state index < -0.39 is 6.09 Å². The normalized spacial score (nSPS) is 10.2. The standard InChI is InChI=1S/C25H27IN4O5S/c1-4-34-25(31)30-24(36)29-20-12-18(26)14-28-23(20)27-13-17-7-10-21(22(11-17)33-3)35-15-16-5-8-19(32-2)9-6-16/h5-12,14H,4,13,15H2,1-3H3,(H,27,28)(H2,29,30,31,36). The van der Waals surface area contributed by atoms with Crippen LogP contribution in [0.2, 0.25) is 0 Å². The minimum atomic E-state index is -0.621. The number of nitrogens with one attached hydrogen (secondary N) is 3. The summed E-state index contributed by atoms with van der Waals surface area (Å²) in [5.74, 6) is 2.63. The summed E-state index contributed by atoms with van der Waals surface area (Å²) in [4.78, 5) is 16.1. The molecule has 0 bridgehead atoms. The van der Waals surface area contributed by atoms with Crippen LogP contribution in [0.25, 0.3) is 0 Å². The molecule has 9 nitrogen and oxygen atoms in total. The molecule has 1 heterocycles. The Bertz CT molecular complexity index is 1190. The van der Waals surface area contributed by atoms with Crippen LogP contribution in [-0.4, -0.2) is 37.0 Å². The van der Waals surface area contributed by atoms with Gasteiger partial charge in [0.1, 0.15) is 18.2 Å². The molecule has 1 amide bonds. The van der Waals surface area contributed by atoms with Gasteiger partial charge in [-0.1, -0.05) is 18.2 Å². The summed E-state index contributed by atoms with van der Waals surface area (Å²) in [7, 11) is 3.24. The van der Waals surface area contributed by atoms with E-state index in [1.54, 1.807) is 27.3 Å². The lowest BCUT2D eigenvalue weighted by molar-refractivity contribution is 0.158. The summed E-state index contributed by atoms with van der Waals surface area (Å²) in [6.45, 7) is 2.84. The molecule has 0 unspecified atom stereocenters. The number of anilines is 2. The van der Waals surface area contributed by atoms with Crippen molar-refractivity contribution in [1.82, 2.24) is 10.3 Å². The molecule has 0 radical (unpaired) electrons. The zero-order valence-electron chi connectivity index (χ0n) is 20.1. The van der Waals surface area contributed by atoms with Crippen molar-refractivity contribution >= 4 is 57.5 Å². The Hall–Kier alpha value is -3.32. The lowest BCUT2D eigenvalue weighted by Crippen LogP contribution is -2.34. The maximum absolute atomic E-state index is 11.6. The topological polar surface area (TPSA) is 103 Å². The Kier molecular flexibility index (Phi) is 10.4. The Morgan fingerprint density at radius 3 is 2.47 bits per heavy atom. The molecule has 0 saturated carbocycles. The van der Waals surface area contributed by atoms with Gasteiger partial charge in [-0.15, -0.1) is 0 Å². The van der Waals surface area contributed by atoms with Gasteiger partial charge in [0.05, 0.1) is 26.5 Å². The van der Waals surface area contributed by atoms with E-state index in [1.165, 1.54) is 0 Å². The lowest BCUT2D eigenvalue weighted by Gasteiger charge is -2.16. The van der Waals surface area contributed by atoms with Gasteiger partial charge in [-0.25, -0.2) is 9.78 Å². The molecule has 0 spiro atoms. The highest BCUT2D eigenvalue weighted by atomic mass is 127. The number of rotatable bonds is 10. The monoisotopic (exact) mass is 622 g/mol. The minimum absolute atomic E-state index is 0.111. The van der Waals surface area contributed by atoms with Crippen LogP contribution in [-0.2, 0) is 17.9 Å². The first-order valence-electron chi connectivity index (χ1n) is 11.0. The third-order valence-corrected chi connectivity index (χ3v) is 5.63. The summed E-state index contributed by atoms with van der Waals surface area (Å²) in [5.41, 5.74) is 2.60. The van der Waals surface area contributed by atoms with Crippen LogP contribution in [0, 0.1) is 3.57 Å². The van der Waals surface area contributed by atoms with Crippen molar-refractivity contribution in [2.75, 3.05) is 31.5 Å². The van der Waals surface area contributed by atoms with Gasteiger partial charge in [0.2, 0.25) is 0 Å². The highest BCUT2D eigenvalue weighted by molar-refractivity contribution is 14.1. The first kappa shape index (κ1) is 27.3. The summed E-state index contributed by atoms with van der Waals surface area (Å²) in [6, 6.07) is 15.3. The van der Waals surface area contributed by atoms with Crippen LogP contribution in [0.4, 0.5) is 16.3 Å². The lowest BCUT2D eigenvalue weighted by atomic mass is 10.2. The van der Waals surface area contributed by atoms with Gasteiger partial charge in [-0.2, -0.15) is 0 Å². The molecule has 0 atom stereocenters. The molecule has 0 saturated heterocycles. The van der Waals surface area contributed by atoms with Gasteiger partial charge in [0, 0.05) is 16.3 Å². The SMILES string of the molecule is CCOC(=O)NC(=S)Nc1cc(I)cnc1NCc1ccc(OCc2ccc(OC)cc2)c(OC)c1. The third-order valence-electron chi connectivity index (χ3n) is 4.83. The Morgan fingerprint density at radius 2 is 1.78 bits per heavy atom. The average Bonchev–Trinajstić information content (AvgIpc) is 2.87. The fourth-order valence-electron chi connectivity index (χ4n) is 3.10. The first-order valence-corrected chi connectivity index (χ1v) is 12.5. The molecular formula is C25H27IN4O5S. The van der Waals surface area contributed by atoms with Crippen molar-refractivity contribution in [3.05, 3.63) is 69.4 Å². The van der Waals surface area contributed by atoms with Gasteiger partial charge < -0.3 is 29.6 Å². The molecule has 0 fully saturated rings. The summed E-state index contributed by atoms with van der Waals surface area (Å²) in [5, 5.41) is 8.85. The third kappa shape index (κ3) is 8.12. The second kappa shape index (κ2) is 13.7. The van der Waals surface area contributed by atoms with Gasteiger partial charge >= 0.3 is 6.09 Å². The van der Waals surface area contributed by atoms with Crippen LogP contribution in [0.3, 0.4) is 0 Å². The van der Waals surface area contributed by atoms with Gasteiger partial charge in [-0.3, -0.25) is 5.32 Å². The second-order valence-corrected chi connectivity index (χ2v) is 8.98. The molecule has 0 aliphatic rings. The zero-order valence-corrected chi connectivity index (χ0v) is 23.1. The summed E-state index contributed by atoms with van der Waals surface area (Å²) >= 11 is 7.36. The number of thiocarbonyl (C=S) groups is 1. The fraction of sp³-hybridized carbons (Fsp3) is 0.240. The second-order valence-electron chi connectivity index (χ2n) is 7.32. The summed E-state index contributed by atoms with van der Waals surface area (Å²) in [6.07, 6.45) is 1.11. The van der Waals surface area contributed by atoms with E-state index in [1.807, 2.05) is 48.5 Å². The average molecular weight is 622 g/mol. The molecule has 190 valence electrons. The fourth-order valence-corrected chi connectivity index (χ4v) is 3.74. The number of aromatic nitrogens is 1. The highest BCUT2D eigenvalue weighted by Crippen LogP contribution is 2.30.